The average molecular weight is 247 g/mol. The van der Waals surface area contributed by atoms with Gasteiger partial charge in [-0.2, -0.15) is 0 Å². The molecule has 0 bridgehead atoms. The van der Waals surface area contributed by atoms with E-state index >= 15 is 0 Å². The zero-order valence-corrected chi connectivity index (χ0v) is 10.2. The minimum atomic E-state index is -0.795. The van der Waals surface area contributed by atoms with Gasteiger partial charge in [0.1, 0.15) is 0 Å². The number of benzene rings is 1. The molecule has 1 aromatic carbocycles. The largest absolute Gasteiger partial charge is 0.493 e. The molecule has 0 aromatic heterocycles. The molecule has 1 N–H and O–H groups in total. The van der Waals surface area contributed by atoms with E-state index in [0.29, 0.717) is 22.8 Å². The Kier molecular flexibility index (Phi) is 4.71. The van der Waals surface area contributed by atoms with Crippen molar-refractivity contribution in [3.63, 3.8) is 0 Å². The van der Waals surface area contributed by atoms with E-state index in [4.69, 9.17) is 25.8 Å². The van der Waals surface area contributed by atoms with Gasteiger partial charge in [0.15, 0.2) is 11.5 Å². The lowest BCUT2D eigenvalue weighted by Crippen LogP contribution is -2.04. The Bertz CT molecular complexity index is 354. The molecule has 0 aliphatic carbocycles. The Morgan fingerprint density at radius 2 is 1.75 bits per heavy atom. The van der Waals surface area contributed by atoms with Gasteiger partial charge in [0, 0.05) is 5.56 Å². The smallest absolute Gasteiger partial charge is 0.203 e. The number of rotatable bonds is 5. The summed E-state index contributed by atoms with van der Waals surface area (Å²) in [5, 5.41) is 9.72. The number of halogens is 1. The van der Waals surface area contributed by atoms with E-state index in [-0.39, 0.29) is 5.88 Å². The first kappa shape index (κ1) is 12.9. The monoisotopic (exact) mass is 246 g/mol. The Balaban J connectivity index is 3.31. The first-order valence-corrected chi connectivity index (χ1v) is 5.25. The Labute approximate surface area is 99.7 Å². The van der Waals surface area contributed by atoms with E-state index < -0.39 is 6.10 Å². The van der Waals surface area contributed by atoms with Crippen molar-refractivity contribution in [2.24, 2.45) is 0 Å². The van der Waals surface area contributed by atoms with E-state index in [1.165, 1.54) is 21.3 Å². The van der Waals surface area contributed by atoms with Crippen LogP contribution in [0.3, 0.4) is 0 Å². The number of methoxy groups -OCH3 is 3. The molecule has 0 fully saturated rings. The third kappa shape index (κ3) is 2.33. The fraction of sp³-hybridized carbons (Fsp3) is 0.455. The van der Waals surface area contributed by atoms with Crippen LogP contribution in [0.4, 0.5) is 0 Å². The third-order valence-electron chi connectivity index (χ3n) is 2.24. The van der Waals surface area contributed by atoms with Crippen LogP contribution in [0.2, 0.25) is 0 Å². The molecule has 1 aromatic rings. The van der Waals surface area contributed by atoms with Crippen LogP contribution in [0.15, 0.2) is 12.1 Å². The molecule has 16 heavy (non-hydrogen) atoms. The molecule has 0 spiro atoms. The van der Waals surface area contributed by atoms with Crippen LogP contribution in [-0.2, 0) is 0 Å². The number of hydrogen-bond acceptors (Lipinski definition) is 4. The highest BCUT2D eigenvalue weighted by atomic mass is 35.5. The van der Waals surface area contributed by atoms with E-state index in [9.17, 15) is 5.11 Å². The van der Waals surface area contributed by atoms with Crippen molar-refractivity contribution in [3.8, 4) is 17.2 Å². The van der Waals surface area contributed by atoms with Gasteiger partial charge >= 0.3 is 0 Å². The zero-order valence-electron chi connectivity index (χ0n) is 9.49. The maximum atomic E-state index is 9.72. The normalized spacial score (nSPS) is 12.1. The van der Waals surface area contributed by atoms with Gasteiger partial charge in [0.2, 0.25) is 5.75 Å². The SMILES string of the molecule is COc1ccc(C(O)CCl)c(OC)c1OC. The Morgan fingerprint density at radius 1 is 1.12 bits per heavy atom. The molecule has 0 heterocycles. The van der Waals surface area contributed by atoms with Crippen molar-refractivity contribution in [2.75, 3.05) is 27.2 Å². The molecule has 0 saturated heterocycles. The summed E-state index contributed by atoms with van der Waals surface area (Å²) in [6.07, 6.45) is -0.795. The summed E-state index contributed by atoms with van der Waals surface area (Å²) in [4.78, 5) is 0. The zero-order chi connectivity index (χ0) is 12.1. The molecule has 4 nitrogen and oxygen atoms in total. The van der Waals surface area contributed by atoms with E-state index in [1.54, 1.807) is 12.1 Å². The number of alkyl halides is 1. The van der Waals surface area contributed by atoms with Crippen LogP contribution in [0.1, 0.15) is 11.7 Å². The second kappa shape index (κ2) is 5.82. The second-order valence-corrected chi connectivity index (χ2v) is 3.40. The predicted molar refractivity (Wildman–Crippen MR) is 61.8 cm³/mol. The summed E-state index contributed by atoms with van der Waals surface area (Å²) in [6.45, 7) is 0. The molecule has 90 valence electrons. The summed E-state index contributed by atoms with van der Waals surface area (Å²) < 4.78 is 15.5. The summed E-state index contributed by atoms with van der Waals surface area (Å²) in [5.41, 5.74) is 0.579. The fourth-order valence-corrected chi connectivity index (χ4v) is 1.64. The highest BCUT2D eigenvalue weighted by Crippen LogP contribution is 2.42. The summed E-state index contributed by atoms with van der Waals surface area (Å²) in [5.74, 6) is 1.53. The minimum absolute atomic E-state index is 0.0891. The van der Waals surface area contributed by atoms with Crippen molar-refractivity contribution >= 4 is 11.6 Å². The molecular weight excluding hydrogens is 232 g/mol. The topological polar surface area (TPSA) is 47.9 Å². The van der Waals surface area contributed by atoms with E-state index in [1.807, 2.05) is 0 Å². The van der Waals surface area contributed by atoms with Crippen LogP contribution in [0.5, 0.6) is 17.2 Å². The standard InChI is InChI=1S/C11H15ClO4/c1-14-9-5-4-7(8(13)6-12)10(15-2)11(9)16-3/h4-5,8,13H,6H2,1-3H3. The molecule has 0 aliphatic rings. The molecule has 1 rings (SSSR count). The van der Waals surface area contributed by atoms with Gasteiger partial charge in [-0.05, 0) is 12.1 Å². The van der Waals surface area contributed by atoms with Crippen molar-refractivity contribution in [1.82, 2.24) is 0 Å². The highest BCUT2D eigenvalue weighted by molar-refractivity contribution is 6.18. The first-order valence-electron chi connectivity index (χ1n) is 4.72. The fourth-order valence-electron chi connectivity index (χ4n) is 1.47. The molecule has 1 unspecified atom stereocenters. The quantitative estimate of drug-likeness (QED) is 0.808. The average Bonchev–Trinajstić information content (AvgIpc) is 2.35. The van der Waals surface area contributed by atoms with Gasteiger partial charge in [-0.25, -0.2) is 0 Å². The number of aliphatic hydroxyl groups excluding tert-OH is 1. The lowest BCUT2D eigenvalue weighted by Gasteiger charge is -2.17. The number of ether oxygens (including phenoxy) is 3. The lowest BCUT2D eigenvalue weighted by molar-refractivity contribution is 0.195. The van der Waals surface area contributed by atoms with Crippen LogP contribution >= 0.6 is 11.6 Å². The molecule has 0 amide bonds. The maximum absolute atomic E-state index is 9.72. The van der Waals surface area contributed by atoms with Crippen LogP contribution in [0, 0.1) is 0 Å². The first-order chi connectivity index (χ1) is 7.69. The van der Waals surface area contributed by atoms with Gasteiger partial charge in [-0.3, -0.25) is 0 Å². The van der Waals surface area contributed by atoms with Crippen molar-refractivity contribution in [3.05, 3.63) is 17.7 Å². The summed E-state index contributed by atoms with van der Waals surface area (Å²) in [6, 6.07) is 3.40. The molecule has 0 aliphatic heterocycles. The Morgan fingerprint density at radius 3 is 2.19 bits per heavy atom. The summed E-state index contributed by atoms with van der Waals surface area (Å²) >= 11 is 5.61. The van der Waals surface area contributed by atoms with E-state index in [2.05, 4.69) is 0 Å². The van der Waals surface area contributed by atoms with Gasteiger partial charge in [0.25, 0.3) is 0 Å². The maximum Gasteiger partial charge on any atom is 0.203 e. The molecule has 0 saturated carbocycles. The number of aliphatic hydroxyl groups is 1. The van der Waals surface area contributed by atoms with Gasteiger partial charge in [-0.1, -0.05) is 0 Å². The van der Waals surface area contributed by atoms with Crippen LogP contribution in [-0.4, -0.2) is 32.3 Å². The minimum Gasteiger partial charge on any atom is -0.493 e. The van der Waals surface area contributed by atoms with Gasteiger partial charge < -0.3 is 19.3 Å². The molecule has 1 atom stereocenters. The van der Waals surface area contributed by atoms with Gasteiger partial charge in [-0.15, -0.1) is 11.6 Å². The highest BCUT2D eigenvalue weighted by Gasteiger charge is 2.19. The molecule has 0 radical (unpaired) electrons. The van der Waals surface area contributed by atoms with Gasteiger partial charge in [0.05, 0.1) is 33.3 Å². The van der Waals surface area contributed by atoms with Crippen molar-refractivity contribution in [2.45, 2.75) is 6.10 Å². The summed E-state index contributed by atoms with van der Waals surface area (Å²) in [7, 11) is 4.55. The van der Waals surface area contributed by atoms with Crippen molar-refractivity contribution < 1.29 is 19.3 Å². The van der Waals surface area contributed by atoms with Crippen molar-refractivity contribution in [1.29, 1.82) is 0 Å². The lowest BCUT2D eigenvalue weighted by atomic mass is 10.1. The van der Waals surface area contributed by atoms with Crippen LogP contribution in [0.25, 0.3) is 0 Å². The number of hydrogen-bond donors (Lipinski definition) is 1. The van der Waals surface area contributed by atoms with Crippen LogP contribution < -0.4 is 14.2 Å². The molecular formula is C11H15ClO4. The third-order valence-corrected chi connectivity index (χ3v) is 2.53. The van der Waals surface area contributed by atoms with E-state index in [0.717, 1.165) is 0 Å². The second-order valence-electron chi connectivity index (χ2n) is 3.09. The molecule has 5 heteroatoms. The Hall–Kier alpha value is -1.13. The predicted octanol–water partition coefficient (Wildman–Crippen LogP) is 1.98.